The first-order valence-corrected chi connectivity index (χ1v) is 8.92. The monoisotopic (exact) mass is 358 g/mol. The van der Waals surface area contributed by atoms with Crippen molar-refractivity contribution >= 4 is 5.96 Å². The number of piperazine rings is 1. The second-order valence-corrected chi connectivity index (χ2v) is 6.13. The molecule has 1 saturated heterocycles. The third-order valence-corrected chi connectivity index (χ3v) is 4.30. The lowest BCUT2D eigenvalue weighted by Crippen LogP contribution is -2.52. The average Bonchev–Trinajstić information content (AvgIpc) is 3.19. The molecule has 2 aromatic heterocycles. The zero-order valence-electron chi connectivity index (χ0n) is 15.4. The van der Waals surface area contributed by atoms with E-state index in [0.717, 1.165) is 56.5 Å². The van der Waals surface area contributed by atoms with Crippen molar-refractivity contribution in [2.75, 3.05) is 39.8 Å². The van der Waals surface area contributed by atoms with Crippen LogP contribution in [0.1, 0.15) is 18.2 Å². The van der Waals surface area contributed by atoms with E-state index in [1.807, 2.05) is 24.4 Å². The molecule has 0 spiro atoms. The van der Waals surface area contributed by atoms with Gasteiger partial charge in [0.05, 0.1) is 19.3 Å². The molecule has 0 radical (unpaired) electrons. The van der Waals surface area contributed by atoms with Crippen LogP contribution >= 0.6 is 0 Å². The number of pyridine rings is 1. The Morgan fingerprint density at radius 2 is 2.12 bits per heavy atom. The van der Waals surface area contributed by atoms with Gasteiger partial charge in [-0.25, -0.2) is 9.98 Å². The molecule has 1 aliphatic rings. The molecule has 1 aliphatic heterocycles. The minimum atomic E-state index is 0.596. The molecule has 1 N–H and O–H groups in total. The van der Waals surface area contributed by atoms with Gasteiger partial charge >= 0.3 is 0 Å². The van der Waals surface area contributed by atoms with E-state index in [2.05, 4.69) is 32.2 Å². The Morgan fingerprint density at radius 1 is 1.27 bits per heavy atom. The summed E-state index contributed by atoms with van der Waals surface area (Å²) in [7, 11) is 1.62. The quantitative estimate of drug-likeness (QED) is 0.617. The minimum absolute atomic E-state index is 0.596. The molecule has 3 rings (SSSR count). The number of guanidine groups is 1. The standard InChI is InChI=1S/C18H26N6O2/c1-3-19-18(21-13-15-4-5-17(25-2)20-12-15)24-9-7-23(8-10-24)14-16-6-11-26-22-16/h4-6,11-12H,3,7-10,13-14H2,1-2H3,(H,19,21). The topological polar surface area (TPSA) is 79.0 Å². The molecule has 2 aromatic rings. The molecule has 0 amide bonds. The van der Waals surface area contributed by atoms with Crippen LogP contribution in [0.15, 0.2) is 40.2 Å². The highest BCUT2D eigenvalue weighted by Gasteiger charge is 2.20. The molecule has 26 heavy (non-hydrogen) atoms. The lowest BCUT2D eigenvalue weighted by Gasteiger charge is -2.36. The largest absolute Gasteiger partial charge is 0.481 e. The van der Waals surface area contributed by atoms with Crippen molar-refractivity contribution in [1.29, 1.82) is 0 Å². The Labute approximate surface area is 153 Å². The Morgan fingerprint density at radius 3 is 2.73 bits per heavy atom. The van der Waals surface area contributed by atoms with Crippen molar-refractivity contribution in [3.63, 3.8) is 0 Å². The van der Waals surface area contributed by atoms with Crippen LogP contribution in [0.25, 0.3) is 0 Å². The van der Waals surface area contributed by atoms with E-state index in [1.54, 1.807) is 13.4 Å². The number of methoxy groups -OCH3 is 1. The van der Waals surface area contributed by atoms with Gasteiger partial charge in [-0.05, 0) is 12.5 Å². The fraction of sp³-hybridized carbons (Fsp3) is 0.500. The molecule has 0 bridgehead atoms. The Bertz CT molecular complexity index is 678. The summed E-state index contributed by atoms with van der Waals surface area (Å²) < 4.78 is 10.0. The molecule has 0 saturated carbocycles. The van der Waals surface area contributed by atoms with Crippen LogP contribution in [-0.4, -0.2) is 65.7 Å². The molecule has 0 unspecified atom stereocenters. The van der Waals surface area contributed by atoms with Gasteiger partial charge in [0.1, 0.15) is 6.26 Å². The molecule has 3 heterocycles. The van der Waals surface area contributed by atoms with Crippen LogP contribution in [0.4, 0.5) is 0 Å². The second-order valence-electron chi connectivity index (χ2n) is 6.13. The van der Waals surface area contributed by atoms with Crippen LogP contribution < -0.4 is 10.1 Å². The molecule has 140 valence electrons. The Kier molecular flexibility index (Phi) is 6.43. The molecular formula is C18H26N6O2. The second kappa shape index (κ2) is 9.19. The Hall–Kier alpha value is -2.61. The van der Waals surface area contributed by atoms with Crippen LogP contribution in [0.2, 0.25) is 0 Å². The number of hydrogen-bond acceptors (Lipinski definition) is 6. The average molecular weight is 358 g/mol. The van der Waals surface area contributed by atoms with Crippen molar-refractivity contribution in [1.82, 2.24) is 25.3 Å². The number of nitrogens with one attached hydrogen (secondary N) is 1. The summed E-state index contributed by atoms with van der Waals surface area (Å²) in [5.41, 5.74) is 2.04. The summed E-state index contributed by atoms with van der Waals surface area (Å²) in [6, 6.07) is 5.77. The zero-order valence-corrected chi connectivity index (χ0v) is 15.4. The SMILES string of the molecule is CCNC(=NCc1ccc(OC)nc1)N1CCN(Cc2ccon2)CC1. The number of nitrogens with zero attached hydrogens (tertiary/aromatic N) is 5. The molecule has 0 aromatic carbocycles. The van der Waals surface area contributed by atoms with Gasteiger partial charge in [0.25, 0.3) is 0 Å². The van der Waals surface area contributed by atoms with Crippen molar-refractivity contribution < 1.29 is 9.26 Å². The Balaban J connectivity index is 1.55. The third kappa shape index (κ3) is 4.95. The molecule has 8 heteroatoms. The highest BCUT2D eigenvalue weighted by atomic mass is 16.5. The van der Waals surface area contributed by atoms with Crippen LogP contribution in [0.5, 0.6) is 5.88 Å². The van der Waals surface area contributed by atoms with Gasteiger partial charge in [-0.3, -0.25) is 4.90 Å². The van der Waals surface area contributed by atoms with E-state index < -0.39 is 0 Å². The maximum atomic E-state index is 5.09. The van der Waals surface area contributed by atoms with Crippen molar-refractivity contribution in [3.05, 3.63) is 41.9 Å². The van der Waals surface area contributed by atoms with E-state index in [1.165, 1.54) is 0 Å². The third-order valence-electron chi connectivity index (χ3n) is 4.30. The lowest BCUT2D eigenvalue weighted by atomic mass is 10.3. The minimum Gasteiger partial charge on any atom is -0.481 e. The highest BCUT2D eigenvalue weighted by molar-refractivity contribution is 5.80. The number of aliphatic imine (C=N–C) groups is 1. The predicted octanol–water partition coefficient (Wildman–Crippen LogP) is 1.36. The summed E-state index contributed by atoms with van der Waals surface area (Å²) in [6.07, 6.45) is 3.43. The summed E-state index contributed by atoms with van der Waals surface area (Å²) in [5, 5.41) is 7.38. The molecular weight excluding hydrogens is 332 g/mol. The number of hydrogen-bond donors (Lipinski definition) is 1. The van der Waals surface area contributed by atoms with Gasteiger partial charge in [0.2, 0.25) is 5.88 Å². The highest BCUT2D eigenvalue weighted by Crippen LogP contribution is 2.10. The van der Waals surface area contributed by atoms with Gasteiger partial charge in [0.15, 0.2) is 5.96 Å². The number of aromatic nitrogens is 2. The maximum Gasteiger partial charge on any atom is 0.212 e. The van der Waals surface area contributed by atoms with Gasteiger partial charge in [-0.15, -0.1) is 0 Å². The summed E-state index contributed by atoms with van der Waals surface area (Å²) in [4.78, 5) is 13.7. The fourth-order valence-corrected chi connectivity index (χ4v) is 2.88. The summed E-state index contributed by atoms with van der Waals surface area (Å²) in [5.74, 6) is 1.57. The summed E-state index contributed by atoms with van der Waals surface area (Å²) >= 11 is 0. The van der Waals surface area contributed by atoms with Crippen LogP contribution in [0, 0.1) is 0 Å². The smallest absolute Gasteiger partial charge is 0.212 e. The van der Waals surface area contributed by atoms with E-state index in [4.69, 9.17) is 14.3 Å². The van der Waals surface area contributed by atoms with Gasteiger partial charge in [-0.1, -0.05) is 11.2 Å². The maximum absolute atomic E-state index is 5.09. The van der Waals surface area contributed by atoms with Crippen molar-refractivity contribution in [2.24, 2.45) is 4.99 Å². The van der Waals surface area contributed by atoms with E-state index >= 15 is 0 Å². The van der Waals surface area contributed by atoms with Crippen LogP contribution in [-0.2, 0) is 13.1 Å². The predicted molar refractivity (Wildman–Crippen MR) is 99.0 cm³/mol. The first kappa shape index (κ1) is 18.2. The first-order valence-electron chi connectivity index (χ1n) is 8.92. The summed E-state index contributed by atoms with van der Waals surface area (Å²) in [6.45, 7) is 8.18. The van der Waals surface area contributed by atoms with E-state index in [0.29, 0.717) is 12.4 Å². The molecule has 0 atom stereocenters. The fourth-order valence-electron chi connectivity index (χ4n) is 2.88. The van der Waals surface area contributed by atoms with E-state index in [-0.39, 0.29) is 0 Å². The molecule has 0 aliphatic carbocycles. The first-order chi connectivity index (χ1) is 12.8. The van der Waals surface area contributed by atoms with Crippen LogP contribution in [0.3, 0.4) is 0 Å². The van der Waals surface area contributed by atoms with Crippen molar-refractivity contribution in [3.8, 4) is 5.88 Å². The van der Waals surface area contributed by atoms with E-state index in [9.17, 15) is 0 Å². The lowest BCUT2D eigenvalue weighted by molar-refractivity contribution is 0.169. The molecule has 1 fully saturated rings. The molecule has 8 nitrogen and oxygen atoms in total. The number of rotatable bonds is 6. The van der Waals surface area contributed by atoms with Gasteiger partial charge < -0.3 is 19.5 Å². The number of ether oxygens (including phenoxy) is 1. The zero-order chi connectivity index (χ0) is 18.2. The normalized spacial score (nSPS) is 15.9. The van der Waals surface area contributed by atoms with Gasteiger partial charge in [-0.2, -0.15) is 0 Å². The van der Waals surface area contributed by atoms with Gasteiger partial charge in [0, 0.05) is 57.6 Å². The van der Waals surface area contributed by atoms with Crippen molar-refractivity contribution in [2.45, 2.75) is 20.0 Å².